The first-order valence-electron chi connectivity index (χ1n) is 6.64. The quantitative estimate of drug-likeness (QED) is 0.488. The second-order valence-corrected chi connectivity index (χ2v) is 8.34. The standard InChI is InChI=1S/C14H20Br2O2S/c1-3-5-6-10(4-2)8-18-9-12(17)11-7-13(15)19-14(11)16/h7,10H,3-6,8-9H2,1-2H3. The summed E-state index contributed by atoms with van der Waals surface area (Å²) in [5.41, 5.74) is 0.707. The van der Waals surface area contributed by atoms with Gasteiger partial charge in [-0.15, -0.1) is 11.3 Å². The monoisotopic (exact) mass is 410 g/mol. The van der Waals surface area contributed by atoms with E-state index in [0.29, 0.717) is 18.1 Å². The fraction of sp³-hybridized carbons (Fsp3) is 0.643. The number of carbonyl (C=O) groups is 1. The molecular formula is C14H20Br2O2S. The summed E-state index contributed by atoms with van der Waals surface area (Å²) in [4.78, 5) is 12.0. The number of thiophene rings is 1. The van der Waals surface area contributed by atoms with E-state index in [2.05, 4.69) is 45.7 Å². The first-order valence-corrected chi connectivity index (χ1v) is 9.04. The highest BCUT2D eigenvalue weighted by Gasteiger charge is 2.14. The van der Waals surface area contributed by atoms with Crippen molar-refractivity contribution in [1.82, 2.24) is 0 Å². The molecule has 5 heteroatoms. The fourth-order valence-corrected chi connectivity index (χ4v) is 4.68. The Balaban J connectivity index is 2.36. The van der Waals surface area contributed by atoms with Crippen molar-refractivity contribution in [3.8, 4) is 0 Å². The molecule has 0 saturated carbocycles. The van der Waals surface area contributed by atoms with Crippen molar-refractivity contribution in [1.29, 1.82) is 0 Å². The second-order valence-electron chi connectivity index (χ2n) is 4.59. The molecule has 0 saturated heterocycles. The lowest BCUT2D eigenvalue weighted by molar-refractivity contribution is 0.0658. The van der Waals surface area contributed by atoms with Gasteiger partial charge in [0.2, 0.25) is 0 Å². The second kappa shape index (κ2) is 9.27. The van der Waals surface area contributed by atoms with E-state index in [1.165, 1.54) is 30.6 Å². The van der Waals surface area contributed by atoms with Gasteiger partial charge in [0, 0.05) is 12.2 Å². The van der Waals surface area contributed by atoms with Gasteiger partial charge in [0.05, 0.1) is 7.57 Å². The van der Waals surface area contributed by atoms with Gasteiger partial charge in [-0.2, -0.15) is 0 Å². The van der Waals surface area contributed by atoms with Gasteiger partial charge in [-0.3, -0.25) is 4.79 Å². The van der Waals surface area contributed by atoms with E-state index < -0.39 is 0 Å². The Kier molecular flexibility index (Phi) is 8.46. The van der Waals surface area contributed by atoms with E-state index in [9.17, 15) is 4.79 Å². The molecule has 1 heterocycles. The summed E-state index contributed by atoms with van der Waals surface area (Å²) in [6, 6.07) is 1.84. The highest BCUT2D eigenvalue weighted by molar-refractivity contribution is 9.12. The molecule has 1 rings (SSSR count). The minimum atomic E-state index is 0.0409. The topological polar surface area (TPSA) is 26.3 Å². The molecule has 1 atom stereocenters. The number of rotatable bonds is 9. The molecule has 0 aliphatic heterocycles. The summed E-state index contributed by atoms with van der Waals surface area (Å²) in [5.74, 6) is 0.615. The Labute approximate surface area is 136 Å². The maximum Gasteiger partial charge on any atom is 0.190 e. The number of carbonyl (C=O) groups excluding carboxylic acids is 1. The molecule has 0 bridgehead atoms. The van der Waals surface area contributed by atoms with E-state index in [4.69, 9.17) is 4.74 Å². The molecule has 1 aromatic heterocycles. The summed E-state index contributed by atoms with van der Waals surface area (Å²) >= 11 is 8.29. The van der Waals surface area contributed by atoms with Crippen molar-refractivity contribution in [3.05, 3.63) is 19.2 Å². The number of Topliss-reactive ketones (excluding diaryl/α,β-unsaturated/α-hetero) is 1. The number of unbranched alkanes of at least 4 members (excludes halogenated alkanes) is 1. The molecular weight excluding hydrogens is 392 g/mol. The van der Waals surface area contributed by atoms with E-state index in [-0.39, 0.29) is 12.4 Å². The smallest absolute Gasteiger partial charge is 0.190 e. The highest BCUT2D eigenvalue weighted by atomic mass is 79.9. The van der Waals surface area contributed by atoms with Crippen LogP contribution in [0.3, 0.4) is 0 Å². The third-order valence-electron chi connectivity index (χ3n) is 3.09. The highest BCUT2D eigenvalue weighted by Crippen LogP contribution is 2.32. The molecule has 1 unspecified atom stereocenters. The summed E-state index contributed by atoms with van der Waals surface area (Å²) in [6.45, 7) is 5.23. The molecule has 0 aromatic carbocycles. The van der Waals surface area contributed by atoms with Crippen LogP contribution in [0.25, 0.3) is 0 Å². The van der Waals surface area contributed by atoms with Crippen molar-refractivity contribution >= 4 is 49.0 Å². The van der Waals surface area contributed by atoms with Crippen molar-refractivity contribution in [3.63, 3.8) is 0 Å². The first kappa shape index (κ1) is 17.3. The first-order chi connectivity index (χ1) is 9.08. The van der Waals surface area contributed by atoms with Crippen LogP contribution in [0, 0.1) is 5.92 Å². The van der Waals surface area contributed by atoms with E-state index >= 15 is 0 Å². The number of halogens is 2. The molecule has 0 spiro atoms. The largest absolute Gasteiger partial charge is 0.373 e. The molecule has 1 aromatic rings. The Morgan fingerprint density at radius 3 is 2.68 bits per heavy atom. The fourth-order valence-electron chi connectivity index (χ4n) is 1.82. The van der Waals surface area contributed by atoms with Crippen LogP contribution in [-0.4, -0.2) is 19.0 Å². The Hall–Kier alpha value is 0.290. The lowest BCUT2D eigenvalue weighted by Gasteiger charge is -2.14. The van der Waals surface area contributed by atoms with Gasteiger partial charge in [-0.25, -0.2) is 0 Å². The summed E-state index contributed by atoms with van der Waals surface area (Å²) in [6.07, 6.45) is 4.75. The van der Waals surface area contributed by atoms with Crippen LogP contribution in [0.15, 0.2) is 13.6 Å². The number of hydrogen-bond acceptors (Lipinski definition) is 3. The van der Waals surface area contributed by atoms with Crippen LogP contribution in [0.1, 0.15) is 49.9 Å². The maximum absolute atomic E-state index is 12.0. The van der Waals surface area contributed by atoms with Gasteiger partial charge < -0.3 is 4.74 Å². The van der Waals surface area contributed by atoms with Crippen LogP contribution in [0.2, 0.25) is 0 Å². The molecule has 0 fully saturated rings. The van der Waals surface area contributed by atoms with E-state index in [0.717, 1.165) is 14.0 Å². The molecule has 0 amide bonds. The van der Waals surface area contributed by atoms with E-state index in [1.807, 2.05) is 6.07 Å². The number of ether oxygens (including phenoxy) is 1. The SMILES string of the molecule is CCCCC(CC)COCC(=O)c1cc(Br)sc1Br. The minimum absolute atomic E-state index is 0.0409. The average Bonchev–Trinajstić information content (AvgIpc) is 2.72. The van der Waals surface area contributed by atoms with Crippen LogP contribution >= 0.6 is 43.2 Å². The predicted molar refractivity (Wildman–Crippen MR) is 88.2 cm³/mol. The van der Waals surface area contributed by atoms with Gasteiger partial charge >= 0.3 is 0 Å². The Morgan fingerprint density at radius 2 is 2.16 bits per heavy atom. The third kappa shape index (κ3) is 6.06. The lowest BCUT2D eigenvalue weighted by Crippen LogP contribution is -2.14. The zero-order valence-electron chi connectivity index (χ0n) is 11.4. The van der Waals surface area contributed by atoms with Gasteiger partial charge in [0.25, 0.3) is 0 Å². The third-order valence-corrected chi connectivity index (χ3v) is 5.43. The molecule has 0 aliphatic carbocycles. The molecule has 0 aliphatic rings. The van der Waals surface area contributed by atoms with Gasteiger partial charge in [0.15, 0.2) is 5.78 Å². The van der Waals surface area contributed by atoms with Crippen LogP contribution < -0.4 is 0 Å². The summed E-state index contributed by atoms with van der Waals surface area (Å²) in [5, 5.41) is 0. The minimum Gasteiger partial charge on any atom is -0.373 e. The lowest BCUT2D eigenvalue weighted by atomic mass is 10.0. The predicted octanol–water partition coefficient (Wildman–Crippen LogP) is 5.69. The molecule has 2 nitrogen and oxygen atoms in total. The zero-order chi connectivity index (χ0) is 14.3. The van der Waals surface area contributed by atoms with Crippen molar-refractivity contribution < 1.29 is 9.53 Å². The Bertz CT molecular complexity index is 404. The molecule has 108 valence electrons. The molecule has 0 radical (unpaired) electrons. The maximum atomic E-state index is 12.0. The Morgan fingerprint density at radius 1 is 1.42 bits per heavy atom. The van der Waals surface area contributed by atoms with Gasteiger partial charge in [-0.1, -0.05) is 33.1 Å². The van der Waals surface area contributed by atoms with Crippen LogP contribution in [0.4, 0.5) is 0 Å². The van der Waals surface area contributed by atoms with Gasteiger partial charge in [-0.05, 0) is 50.3 Å². The van der Waals surface area contributed by atoms with Crippen molar-refractivity contribution in [2.75, 3.05) is 13.2 Å². The summed E-state index contributed by atoms with van der Waals surface area (Å²) < 4.78 is 7.41. The van der Waals surface area contributed by atoms with Crippen molar-refractivity contribution in [2.45, 2.75) is 39.5 Å². The number of hydrogen-bond donors (Lipinski definition) is 0. The van der Waals surface area contributed by atoms with Crippen LogP contribution in [0.5, 0.6) is 0 Å². The summed E-state index contributed by atoms with van der Waals surface area (Å²) in [7, 11) is 0. The molecule has 0 N–H and O–H groups in total. The number of ketones is 1. The van der Waals surface area contributed by atoms with Crippen LogP contribution in [-0.2, 0) is 4.74 Å². The normalized spacial score (nSPS) is 12.6. The van der Waals surface area contributed by atoms with Crippen molar-refractivity contribution in [2.24, 2.45) is 5.92 Å². The average molecular weight is 412 g/mol. The molecule has 19 heavy (non-hydrogen) atoms. The van der Waals surface area contributed by atoms with Gasteiger partial charge in [0.1, 0.15) is 6.61 Å². The zero-order valence-corrected chi connectivity index (χ0v) is 15.4. The van der Waals surface area contributed by atoms with E-state index in [1.54, 1.807) is 0 Å².